The molecular weight excluding hydrogens is 862 g/mol. The zero-order valence-corrected chi connectivity index (χ0v) is 34.9. The highest BCUT2D eigenvalue weighted by molar-refractivity contribution is 9.10. The highest BCUT2D eigenvalue weighted by Crippen LogP contribution is 2.32. The first kappa shape index (κ1) is 40.9. The zero-order chi connectivity index (χ0) is 43.1. The molecule has 2 amide bonds. The number of rotatable bonds is 9. The van der Waals surface area contributed by atoms with Crippen LogP contribution in [0.25, 0.3) is 33.5 Å². The van der Waals surface area contributed by atoms with Crippen LogP contribution in [0.5, 0.6) is 0 Å². The lowest BCUT2D eigenvalue weighted by Gasteiger charge is -2.40. The molecule has 16 heteroatoms. The van der Waals surface area contributed by atoms with Gasteiger partial charge in [-0.1, -0.05) is 70.5 Å². The number of fused-ring (bicyclic) bond motifs is 2. The molecule has 2 N–H and O–H groups in total. The molecule has 0 radical (unpaired) electrons. The Bertz CT molecular complexity index is 2970. The van der Waals surface area contributed by atoms with Gasteiger partial charge >= 0.3 is 11.8 Å². The summed E-state index contributed by atoms with van der Waals surface area (Å²) in [6, 6.07) is 26.2. The monoisotopic (exact) mass is 902 g/mol. The van der Waals surface area contributed by atoms with E-state index in [4.69, 9.17) is 0 Å². The molecule has 1 saturated heterocycles. The number of carbonyl (C=O) groups excluding carboxylic acids is 1. The van der Waals surface area contributed by atoms with Crippen LogP contribution in [0.2, 0.25) is 0 Å². The minimum Gasteiger partial charge on any atom is -0.465 e. The predicted molar refractivity (Wildman–Crippen MR) is 233 cm³/mol. The number of piperazine rings is 1. The van der Waals surface area contributed by atoms with Gasteiger partial charge in [0.05, 0.1) is 23.3 Å². The topological polar surface area (TPSA) is 147 Å². The van der Waals surface area contributed by atoms with Gasteiger partial charge < -0.3 is 19.7 Å². The maximum atomic E-state index is 14.7. The van der Waals surface area contributed by atoms with Crippen LogP contribution in [-0.2, 0) is 13.0 Å². The van der Waals surface area contributed by atoms with Crippen molar-refractivity contribution in [1.29, 1.82) is 0 Å². The molecule has 3 aromatic carbocycles. The summed E-state index contributed by atoms with van der Waals surface area (Å²) in [4.78, 5) is 66.0. The number of halogens is 3. The van der Waals surface area contributed by atoms with Gasteiger partial charge in [-0.2, -0.15) is 0 Å². The van der Waals surface area contributed by atoms with Crippen molar-refractivity contribution < 1.29 is 23.5 Å². The van der Waals surface area contributed by atoms with Crippen LogP contribution in [0.15, 0.2) is 124 Å². The fraction of sp³-hybridized carbons (Fsp3) is 0.261. The van der Waals surface area contributed by atoms with Crippen LogP contribution >= 0.6 is 15.9 Å². The summed E-state index contributed by atoms with van der Waals surface area (Å²) in [5.74, 6) is -1.57. The summed E-state index contributed by atoms with van der Waals surface area (Å²) >= 11 is 3.78. The van der Waals surface area contributed by atoms with Gasteiger partial charge in [-0.25, -0.2) is 32.9 Å². The van der Waals surface area contributed by atoms with E-state index in [0.29, 0.717) is 69.6 Å². The summed E-state index contributed by atoms with van der Waals surface area (Å²) in [6.07, 6.45) is 5.13. The third-order valence-electron chi connectivity index (χ3n) is 11.9. The number of hydrogen-bond acceptors (Lipinski definition) is 7. The number of carbonyl (C=O) groups is 2. The predicted octanol–water partition coefficient (Wildman–Crippen LogP) is 7.22. The quantitative estimate of drug-likeness (QED) is 0.155. The number of nitrogens with one attached hydrogen (secondary N) is 1. The molecular formula is C46H41BrF2N8O5. The Morgan fingerprint density at radius 3 is 2.44 bits per heavy atom. The van der Waals surface area contributed by atoms with Crippen molar-refractivity contribution in [2.45, 2.75) is 56.8 Å². The van der Waals surface area contributed by atoms with E-state index in [1.54, 1.807) is 6.07 Å². The highest BCUT2D eigenvalue weighted by atomic mass is 79.9. The van der Waals surface area contributed by atoms with E-state index in [9.17, 15) is 33.1 Å². The van der Waals surface area contributed by atoms with Gasteiger partial charge in [0.15, 0.2) is 5.65 Å². The maximum absolute atomic E-state index is 14.7. The lowest BCUT2D eigenvalue weighted by Crippen LogP contribution is -2.55. The first-order valence-corrected chi connectivity index (χ1v) is 21.2. The van der Waals surface area contributed by atoms with Crippen molar-refractivity contribution in [3.63, 3.8) is 0 Å². The Labute approximate surface area is 362 Å². The Morgan fingerprint density at radius 1 is 0.855 bits per heavy atom. The number of imidazole rings is 1. The molecule has 0 spiro atoms. The van der Waals surface area contributed by atoms with Crippen molar-refractivity contribution in [2.24, 2.45) is 0 Å². The Balaban J connectivity index is 0.945. The number of aromatic nitrogens is 5. The molecule has 1 aliphatic carbocycles. The summed E-state index contributed by atoms with van der Waals surface area (Å²) in [7, 11) is 0. The Morgan fingerprint density at radius 2 is 1.66 bits per heavy atom. The average Bonchev–Trinajstić information content (AvgIpc) is 3.69. The maximum Gasteiger partial charge on any atom is 0.407 e. The largest absolute Gasteiger partial charge is 0.465 e. The molecule has 1 aliphatic heterocycles. The second kappa shape index (κ2) is 17.1. The normalized spacial score (nSPS) is 18.3. The summed E-state index contributed by atoms with van der Waals surface area (Å²) in [5, 5.41) is 12.9. The first-order valence-electron chi connectivity index (χ1n) is 20.4. The molecule has 2 aliphatic rings. The fourth-order valence-corrected chi connectivity index (χ4v) is 9.54. The van der Waals surface area contributed by atoms with Gasteiger partial charge in [-0.3, -0.25) is 19.1 Å². The summed E-state index contributed by atoms with van der Waals surface area (Å²) in [5.41, 5.74) is 3.58. The van der Waals surface area contributed by atoms with Crippen LogP contribution in [0.3, 0.4) is 0 Å². The molecule has 316 valence electrons. The van der Waals surface area contributed by atoms with Gasteiger partial charge in [-0.05, 0) is 90.8 Å². The van der Waals surface area contributed by atoms with E-state index in [1.165, 1.54) is 43.0 Å². The zero-order valence-electron chi connectivity index (χ0n) is 33.3. The molecule has 9 rings (SSSR count). The van der Waals surface area contributed by atoms with Crippen LogP contribution in [-0.4, -0.2) is 82.1 Å². The highest BCUT2D eigenvalue weighted by Gasteiger charge is 2.31. The van der Waals surface area contributed by atoms with E-state index in [0.717, 1.165) is 39.0 Å². The van der Waals surface area contributed by atoms with Gasteiger partial charge in [0, 0.05) is 55.1 Å². The second-order valence-electron chi connectivity index (χ2n) is 16.0. The number of hydrogen-bond donors (Lipinski definition) is 2. The Kier molecular flexibility index (Phi) is 11.3. The lowest BCUT2D eigenvalue weighted by atomic mass is 9.90. The third-order valence-corrected chi connectivity index (χ3v) is 12.6. The van der Waals surface area contributed by atoms with Gasteiger partial charge in [0.2, 0.25) is 0 Å². The van der Waals surface area contributed by atoms with Crippen molar-refractivity contribution in [1.82, 2.24) is 38.6 Å². The number of nitrogens with zero attached hydrogens (tertiary/aromatic N) is 7. The van der Waals surface area contributed by atoms with E-state index in [2.05, 4.69) is 36.1 Å². The van der Waals surface area contributed by atoms with Crippen LogP contribution < -0.4 is 16.6 Å². The van der Waals surface area contributed by atoms with Crippen molar-refractivity contribution >= 4 is 44.6 Å². The number of pyridine rings is 2. The molecule has 4 aromatic heterocycles. The summed E-state index contributed by atoms with van der Waals surface area (Å²) in [6.45, 7) is 2.24. The van der Waals surface area contributed by atoms with E-state index in [-0.39, 0.29) is 28.8 Å². The van der Waals surface area contributed by atoms with E-state index in [1.807, 2.05) is 66.7 Å². The molecule has 1 saturated carbocycles. The SMILES string of the molecule is O=C(NC1CCC(n2c(=O)c3cc(F)cnc3n(-c3cccc(-c4ccc(CN5CCN(C(=O)O)C(Cc6ccccc6)C5)cc4Br)c3)c2=O)CC1)c1cn2cc(F)ccc2n1. The third kappa shape index (κ3) is 8.27. The molecule has 13 nitrogen and oxygen atoms in total. The van der Waals surface area contributed by atoms with Crippen molar-refractivity contribution in [3.05, 3.63) is 163 Å². The van der Waals surface area contributed by atoms with E-state index >= 15 is 0 Å². The molecule has 2 fully saturated rings. The molecule has 5 heterocycles. The molecule has 1 atom stereocenters. The Hall–Kier alpha value is -6.52. The molecule has 1 unspecified atom stereocenters. The second-order valence-corrected chi connectivity index (χ2v) is 16.8. The van der Waals surface area contributed by atoms with E-state index < -0.39 is 40.9 Å². The standard InChI is InChI=1S/C46H41BrF2N8O5/c47-39-20-29(24-53-17-18-55(46(61)62)36(26-53)19-28-5-2-1-3-6-28)9-15-37(39)30-7-4-8-35(21-30)56-42-38(22-32(49)23-50-42)44(59)57(45(56)60)34-13-11-33(12-14-34)51-43(58)40-27-54-25-31(48)10-16-41(54)52-40/h1-10,15-16,20-23,25,27,33-34,36H,11-14,17-19,24,26H2,(H,51,58)(H,61,62). The number of amides is 2. The molecule has 62 heavy (non-hydrogen) atoms. The van der Waals surface area contributed by atoms with Crippen LogP contribution in [0.1, 0.15) is 53.3 Å². The van der Waals surface area contributed by atoms with Crippen molar-refractivity contribution in [2.75, 3.05) is 19.6 Å². The lowest BCUT2D eigenvalue weighted by molar-refractivity contribution is 0.0645. The first-order chi connectivity index (χ1) is 30.0. The van der Waals surface area contributed by atoms with Gasteiger partial charge in [0.25, 0.3) is 11.5 Å². The van der Waals surface area contributed by atoms with Crippen molar-refractivity contribution in [3.8, 4) is 16.8 Å². The number of carboxylic acid groups (broad SMARTS) is 1. The number of benzene rings is 3. The van der Waals surface area contributed by atoms with Gasteiger partial charge in [-0.15, -0.1) is 0 Å². The molecule has 7 aromatic rings. The smallest absolute Gasteiger partial charge is 0.407 e. The van der Waals surface area contributed by atoms with Crippen LogP contribution in [0, 0.1) is 11.6 Å². The summed E-state index contributed by atoms with van der Waals surface area (Å²) < 4.78 is 33.2. The fourth-order valence-electron chi connectivity index (χ4n) is 8.89. The van der Waals surface area contributed by atoms with Gasteiger partial charge in [0.1, 0.15) is 23.0 Å². The average molecular weight is 904 g/mol. The molecule has 0 bridgehead atoms. The van der Waals surface area contributed by atoms with Crippen LogP contribution in [0.4, 0.5) is 13.6 Å². The minimum absolute atomic E-state index is 0.0329. The minimum atomic E-state index is -0.913.